The fourth-order valence-corrected chi connectivity index (χ4v) is 8.31. The molecule has 3 heterocycles. The number of aromatic nitrogens is 2. The van der Waals surface area contributed by atoms with E-state index in [1.807, 2.05) is 38.1 Å². The summed E-state index contributed by atoms with van der Waals surface area (Å²) < 4.78 is 38.5. The van der Waals surface area contributed by atoms with Crippen molar-refractivity contribution in [2.45, 2.75) is 59.5 Å². The second-order valence-electron chi connectivity index (χ2n) is 11.9. The molecule has 3 aromatic rings. The Morgan fingerprint density at radius 1 is 1.08 bits per heavy atom. The average molecular weight is 547 g/mol. The molecule has 0 saturated carbocycles. The molecule has 0 radical (unpaired) electrons. The van der Waals surface area contributed by atoms with E-state index < -0.39 is 10.2 Å². The first-order valence-electron chi connectivity index (χ1n) is 14.2. The molecule has 5 atom stereocenters. The van der Waals surface area contributed by atoms with Crippen LogP contribution in [0.2, 0.25) is 0 Å². The Morgan fingerprint density at radius 3 is 2.62 bits per heavy atom. The second kappa shape index (κ2) is 10.2. The fraction of sp³-hybridized carbons (Fsp3) is 0.484. The molecule has 1 N–H and O–H groups in total. The number of fused-ring (bicyclic) bond motifs is 9. The van der Waals surface area contributed by atoms with Crippen LogP contribution < -0.4 is 9.46 Å². The van der Waals surface area contributed by atoms with Gasteiger partial charge in [-0.1, -0.05) is 56.3 Å². The molecule has 6 rings (SSSR count). The van der Waals surface area contributed by atoms with Gasteiger partial charge in [-0.15, -0.1) is 0 Å². The van der Waals surface area contributed by atoms with Gasteiger partial charge in [-0.3, -0.25) is 0 Å². The number of hydrogen-bond donors (Lipinski definition) is 1. The Morgan fingerprint density at radius 2 is 1.85 bits per heavy atom. The molecular weight excluding hydrogens is 508 g/mol. The molecular formula is C31H38N4O3S. The van der Waals surface area contributed by atoms with E-state index >= 15 is 0 Å². The van der Waals surface area contributed by atoms with Crippen molar-refractivity contribution in [1.82, 2.24) is 14.3 Å². The van der Waals surface area contributed by atoms with Gasteiger partial charge < -0.3 is 4.74 Å². The Labute approximate surface area is 232 Å². The maximum absolute atomic E-state index is 13.6. The number of anilines is 1. The number of nitrogens with one attached hydrogen (secondary N) is 1. The summed E-state index contributed by atoms with van der Waals surface area (Å²) >= 11 is 0. The molecule has 8 heteroatoms. The van der Waals surface area contributed by atoms with Gasteiger partial charge >= 0.3 is 10.2 Å². The molecule has 1 aliphatic carbocycles. The number of nitrogens with zero attached hydrogens (tertiary/aromatic N) is 3. The number of benzene rings is 2. The van der Waals surface area contributed by atoms with Crippen LogP contribution in [0.15, 0.2) is 48.5 Å². The van der Waals surface area contributed by atoms with Gasteiger partial charge in [-0.2, -0.15) is 17.7 Å². The Bertz CT molecular complexity index is 1470. The average Bonchev–Trinajstić information content (AvgIpc) is 2.89. The van der Waals surface area contributed by atoms with E-state index in [4.69, 9.17) is 9.72 Å². The number of piperidine rings is 1. The summed E-state index contributed by atoms with van der Waals surface area (Å²) in [4.78, 5) is 9.34. The van der Waals surface area contributed by atoms with E-state index in [-0.39, 0.29) is 23.9 Å². The summed E-state index contributed by atoms with van der Waals surface area (Å²) in [6.07, 6.45) is 3.66. The highest BCUT2D eigenvalue weighted by Gasteiger charge is 2.44. The van der Waals surface area contributed by atoms with Crippen molar-refractivity contribution >= 4 is 16.2 Å². The Balaban J connectivity index is 1.56. The number of ether oxygens (including phenoxy) is 1. The van der Waals surface area contributed by atoms with E-state index in [0.29, 0.717) is 36.5 Å². The van der Waals surface area contributed by atoms with Gasteiger partial charge in [-0.25, -0.2) is 9.71 Å². The monoisotopic (exact) mass is 546 g/mol. The molecule has 206 valence electrons. The van der Waals surface area contributed by atoms with E-state index in [2.05, 4.69) is 47.8 Å². The van der Waals surface area contributed by atoms with Crippen LogP contribution in [-0.2, 0) is 16.6 Å². The molecule has 1 aromatic heterocycles. The van der Waals surface area contributed by atoms with E-state index in [1.54, 1.807) is 4.31 Å². The van der Waals surface area contributed by atoms with Gasteiger partial charge in [-0.05, 0) is 79.5 Å². The summed E-state index contributed by atoms with van der Waals surface area (Å²) in [5.41, 5.74) is 6.27. The summed E-state index contributed by atoms with van der Waals surface area (Å²) in [6, 6.07) is 16.6. The highest BCUT2D eigenvalue weighted by Crippen LogP contribution is 2.48. The second-order valence-corrected chi connectivity index (χ2v) is 13.6. The Kier molecular flexibility index (Phi) is 6.88. The zero-order valence-corrected chi connectivity index (χ0v) is 24.0. The van der Waals surface area contributed by atoms with Gasteiger partial charge in [0.05, 0.1) is 5.69 Å². The zero-order valence-electron chi connectivity index (χ0n) is 23.2. The van der Waals surface area contributed by atoms with Gasteiger partial charge in [0.25, 0.3) is 0 Å². The van der Waals surface area contributed by atoms with Crippen LogP contribution in [0.5, 0.6) is 5.88 Å². The van der Waals surface area contributed by atoms with Crippen LogP contribution in [0.4, 0.5) is 5.95 Å². The first-order chi connectivity index (χ1) is 18.7. The van der Waals surface area contributed by atoms with Crippen LogP contribution in [0, 0.1) is 37.5 Å². The first kappa shape index (κ1) is 26.3. The lowest BCUT2D eigenvalue weighted by Gasteiger charge is -2.46. The lowest BCUT2D eigenvalue weighted by Crippen LogP contribution is -2.48. The highest BCUT2D eigenvalue weighted by atomic mass is 32.2. The quantitative estimate of drug-likeness (QED) is 0.429. The first-order valence-corrected chi connectivity index (χ1v) is 15.6. The molecule has 2 aromatic carbocycles. The molecule has 1 saturated heterocycles. The summed E-state index contributed by atoms with van der Waals surface area (Å²) in [7, 11) is -3.82. The summed E-state index contributed by atoms with van der Waals surface area (Å²) in [5, 5.41) is 0. The van der Waals surface area contributed by atoms with Gasteiger partial charge in [0.2, 0.25) is 11.8 Å². The molecule has 7 nitrogen and oxygen atoms in total. The van der Waals surface area contributed by atoms with Crippen molar-refractivity contribution in [3.8, 4) is 17.1 Å². The molecule has 0 amide bonds. The van der Waals surface area contributed by atoms with Crippen LogP contribution in [0.25, 0.3) is 11.3 Å². The fourth-order valence-electron chi connectivity index (χ4n) is 7.10. The number of rotatable bonds is 3. The van der Waals surface area contributed by atoms with Crippen molar-refractivity contribution in [3.05, 3.63) is 70.8 Å². The van der Waals surface area contributed by atoms with Crippen LogP contribution in [0.1, 0.15) is 61.5 Å². The topological polar surface area (TPSA) is 84.4 Å². The molecule has 0 spiro atoms. The minimum atomic E-state index is -3.82. The molecule has 6 bridgehead atoms. The zero-order chi connectivity index (χ0) is 27.3. The summed E-state index contributed by atoms with van der Waals surface area (Å²) in [6.45, 7) is 9.63. The van der Waals surface area contributed by atoms with E-state index in [9.17, 15) is 8.42 Å². The third-order valence-corrected chi connectivity index (χ3v) is 10.2. The van der Waals surface area contributed by atoms with Gasteiger partial charge in [0.15, 0.2) is 0 Å². The standard InChI is InChI=1S/C31H38N4O3S/c1-19(2)15-26-25-16-22-11-5-6-13-24(22)30(26)38-28-17-27(29-20(3)9-7-10-21(29)4)32-31(33-28)34-39(36,37)35-14-8-12-23(25)18-35/h5-7,9-11,13,17,19,23,25-26,30H,8,12,14-16,18H2,1-4H3,(H,32,33,34). The van der Waals surface area contributed by atoms with Crippen molar-refractivity contribution < 1.29 is 13.2 Å². The van der Waals surface area contributed by atoms with Crippen molar-refractivity contribution in [2.24, 2.45) is 23.7 Å². The van der Waals surface area contributed by atoms with Crippen molar-refractivity contribution in [2.75, 3.05) is 17.8 Å². The van der Waals surface area contributed by atoms with Gasteiger partial charge in [0, 0.05) is 30.6 Å². The third-order valence-electron chi connectivity index (χ3n) is 8.77. The number of hydrogen-bond acceptors (Lipinski definition) is 5. The maximum Gasteiger partial charge on any atom is 0.303 e. The van der Waals surface area contributed by atoms with E-state index in [1.165, 1.54) is 11.1 Å². The largest absolute Gasteiger partial charge is 0.469 e. The lowest BCUT2D eigenvalue weighted by atomic mass is 9.65. The minimum absolute atomic E-state index is 0.0499. The number of aryl methyl sites for hydroxylation is 2. The molecule has 1 fully saturated rings. The third kappa shape index (κ3) is 5.05. The predicted molar refractivity (Wildman–Crippen MR) is 154 cm³/mol. The molecule has 39 heavy (non-hydrogen) atoms. The molecule has 3 aliphatic rings. The van der Waals surface area contributed by atoms with Crippen LogP contribution >= 0.6 is 0 Å². The van der Waals surface area contributed by atoms with Crippen molar-refractivity contribution in [3.63, 3.8) is 0 Å². The SMILES string of the molecule is Cc1cccc(C)c1-c1cc2nc(n1)NS(=O)(=O)N1CCCC(C1)C1Cc3ccccc3C(O2)C1CC(C)C. The molecule has 5 unspecified atom stereocenters. The van der Waals surface area contributed by atoms with E-state index in [0.717, 1.165) is 42.4 Å². The van der Waals surface area contributed by atoms with Crippen LogP contribution in [-0.4, -0.2) is 35.8 Å². The smallest absolute Gasteiger partial charge is 0.303 e. The Hall–Kier alpha value is -2.97. The molecule has 2 aliphatic heterocycles. The normalized spacial score (nSPS) is 27.4. The predicted octanol–water partition coefficient (Wildman–Crippen LogP) is 6.10. The highest BCUT2D eigenvalue weighted by molar-refractivity contribution is 7.90. The van der Waals surface area contributed by atoms with Crippen LogP contribution in [0.3, 0.4) is 0 Å². The van der Waals surface area contributed by atoms with Gasteiger partial charge in [0.1, 0.15) is 6.10 Å². The summed E-state index contributed by atoms with van der Waals surface area (Å²) in [5.74, 6) is 1.77. The minimum Gasteiger partial charge on any atom is -0.469 e. The maximum atomic E-state index is 13.6. The van der Waals surface area contributed by atoms with Crippen molar-refractivity contribution in [1.29, 1.82) is 0 Å². The lowest BCUT2D eigenvalue weighted by molar-refractivity contribution is 0.0256.